The number of nitrogens with two attached hydrogens (primary N) is 1. The van der Waals surface area contributed by atoms with Gasteiger partial charge < -0.3 is 5.73 Å². The van der Waals surface area contributed by atoms with Crippen molar-refractivity contribution >= 4 is 28.8 Å². The monoisotopic (exact) mass is 406 g/mol. The number of aliphatic imine (C=N–C) groups is 1. The molecule has 0 amide bonds. The summed E-state index contributed by atoms with van der Waals surface area (Å²) in [4.78, 5) is 24.9. The molecule has 9 heteroatoms. The third-order valence-electron chi connectivity index (χ3n) is 4.32. The minimum Gasteiger partial charge on any atom is -0.379 e. The number of Topliss-reactive ketones (excluding diaryl/α,β-unsaturated/α-hetero) is 1. The van der Waals surface area contributed by atoms with Gasteiger partial charge in [-0.15, -0.1) is 0 Å². The molecule has 0 saturated heterocycles. The summed E-state index contributed by atoms with van der Waals surface area (Å²) in [6.07, 6.45) is 2.03. The molecule has 2 N–H and O–H groups in total. The van der Waals surface area contributed by atoms with Crippen LogP contribution in [-0.2, 0) is 12.0 Å². The molecule has 2 aromatic heterocycles. The summed E-state index contributed by atoms with van der Waals surface area (Å²) in [5.74, 6) is 0.346. The zero-order chi connectivity index (χ0) is 20.1. The summed E-state index contributed by atoms with van der Waals surface area (Å²) in [7, 11) is 0. The minimum absolute atomic E-state index is 0.0193. The first-order valence-corrected chi connectivity index (χ1v) is 9.42. The number of nitrogens with zero attached hydrogens (tertiary/aromatic N) is 3. The molecule has 2 aromatic rings. The summed E-state index contributed by atoms with van der Waals surface area (Å²) in [5.41, 5.74) is 6.06. The number of alkyl halides is 1. The summed E-state index contributed by atoms with van der Waals surface area (Å²) < 4.78 is 38.4. The van der Waals surface area contributed by atoms with Gasteiger partial charge in [-0.3, -0.25) is 14.8 Å². The number of aromatic nitrogens is 2. The minimum atomic E-state index is -1.84. The van der Waals surface area contributed by atoms with Crippen LogP contribution >= 0.6 is 11.8 Å². The summed E-state index contributed by atoms with van der Waals surface area (Å²) in [6, 6.07) is 6.10. The maximum absolute atomic E-state index is 13.8. The van der Waals surface area contributed by atoms with E-state index >= 15 is 0 Å². The van der Waals surface area contributed by atoms with E-state index in [4.69, 9.17) is 5.73 Å². The van der Waals surface area contributed by atoms with Gasteiger partial charge in [-0.1, -0.05) is 17.8 Å². The van der Waals surface area contributed by atoms with Crippen LogP contribution in [0.1, 0.15) is 33.7 Å². The molecule has 0 bridgehead atoms. The van der Waals surface area contributed by atoms with Crippen LogP contribution in [0.15, 0.2) is 47.7 Å². The number of amidine groups is 1. The summed E-state index contributed by atoms with van der Waals surface area (Å²) in [6.45, 7) is -0.736. The summed E-state index contributed by atoms with van der Waals surface area (Å²) in [5, 5.41) is 0.315. The van der Waals surface area contributed by atoms with Gasteiger partial charge in [-0.05, 0) is 35.7 Å². The van der Waals surface area contributed by atoms with E-state index in [2.05, 4.69) is 15.0 Å². The molecule has 1 aliphatic rings. The lowest BCUT2D eigenvalue weighted by Crippen LogP contribution is -2.34. The SMILES string of the molecule is NC1=N[C@](CF)(c2cc(CC(=O)c3ccc(C=C(F)F)cn3)ccn2)CCS1. The van der Waals surface area contributed by atoms with Crippen molar-refractivity contribution in [2.24, 2.45) is 10.7 Å². The van der Waals surface area contributed by atoms with E-state index in [0.29, 0.717) is 34.7 Å². The van der Waals surface area contributed by atoms with Crippen molar-refractivity contribution in [3.8, 4) is 0 Å². The average Bonchev–Trinajstić information content (AvgIpc) is 2.68. The lowest BCUT2D eigenvalue weighted by molar-refractivity contribution is 0.0988. The first-order chi connectivity index (χ1) is 13.4. The number of rotatable bonds is 6. The molecule has 0 unspecified atom stereocenters. The first kappa shape index (κ1) is 20.1. The van der Waals surface area contributed by atoms with Gasteiger partial charge in [-0.2, -0.15) is 8.78 Å². The number of hydrogen-bond acceptors (Lipinski definition) is 6. The molecule has 5 nitrogen and oxygen atoms in total. The fourth-order valence-electron chi connectivity index (χ4n) is 2.87. The van der Waals surface area contributed by atoms with Crippen LogP contribution < -0.4 is 5.73 Å². The van der Waals surface area contributed by atoms with Gasteiger partial charge in [0.2, 0.25) is 0 Å². The number of carbonyl (C=O) groups is 1. The van der Waals surface area contributed by atoms with Crippen molar-refractivity contribution in [1.82, 2.24) is 9.97 Å². The van der Waals surface area contributed by atoms with Gasteiger partial charge in [0.05, 0.1) is 5.69 Å². The Bertz CT molecular complexity index is 929. The van der Waals surface area contributed by atoms with Crippen LogP contribution in [0.25, 0.3) is 6.08 Å². The van der Waals surface area contributed by atoms with Crippen LogP contribution in [0.2, 0.25) is 0 Å². The van der Waals surface area contributed by atoms with E-state index in [1.165, 1.54) is 36.3 Å². The Labute approximate surface area is 164 Å². The van der Waals surface area contributed by atoms with Crippen molar-refractivity contribution < 1.29 is 18.0 Å². The molecule has 0 aromatic carbocycles. The Morgan fingerprint density at radius 1 is 1.29 bits per heavy atom. The Morgan fingerprint density at radius 3 is 2.75 bits per heavy atom. The van der Waals surface area contributed by atoms with Gasteiger partial charge in [0, 0.05) is 30.6 Å². The Kier molecular flexibility index (Phi) is 6.13. The molecule has 3 rings (SSSR count). The molecule has 0 aliphatic carbocycles. The van der Waals surface area contributed by atoms with Crippen LogP contribution in [0.3, 0.4) is 0 Å². The van der Waals surface area contributed by atoms with Crippen molar-refractivity contribution in [2.45, 2.75) is 18.4 Å². The number of carbonyl (C=O) groups excluding carboxylic acids is 1. The van der Waals surface area contributed by atoms with E-state index in [0.717, 1.165) is 0 Å². The van der Waals surface area contributed by atoms with Crippen LogP contribution in [-0.4, -0.2) is 33.3 Å². The highest BCUT2D eigenvalue weighted by Crippen LogP contribution is 2.35. The largest absolute Gasteiger partial charge is 0.379 e. The standard InChI is InChI=1S/C19H17F3N4OS/c20-11-19(4-6-28-18(23)26-19)16-8-12(3-5-24-16)7-15(27)14-2-1-13(10-25-14)9-17(21)22/h1-3,5,8-10H,4,6-7,11H2,(H2,23,26)/t19-/m1/s1. The zero-order valence-electron chi connectivity index (χ0n) is 14.7. The second kappa shape index (κ2) is 8.55. The molecule has 0 saturated carbocycles. The maximum Gasteiger partial charge on any atom is 0.270 e. The van der Waals surface area contributed by atoms with Gasteiger partial charge >= 0.3 is 0 Å². The highest BCUT2D eigenvalue weighted by Gasteiger charge is 2.36. The van der Waals surface area contributed by atoms with E-state index < -0.39 is 18.3 Å². The number of hydrogen-bond donors (Lipinski definition) is 1. The number of thioether (sulfide) groups is 1. The van der Waals surface area contributed by atoms with Crippen molar-refractivity contribution in [3.05, 3.63) is 65.3 Å². The average molecular weight is 406 g/mol. The molecule has 0 spiro atoms. The van der Waals surface area contributed by atoms with Gasteiger partial charge in [-0.25, -0.2) is 9.38 Å². The Morgan fingerprint density at radius 2 is 2.11 bits per heavy atom. The lowest BCUT2D eigenvalue weighted by atomic mass is 9.92. The quantitative estimate of drug-likeness (QED) is 0.739. The van der Waals surface area contributed by atoms with Crippen LogP contribution in [0, 0.1) is 0 Å². The second-order valence-electron chi connectivity index (χ2n) is 6.27. The fourth-order valence-corrected chi connectivity index (χ4v) is 3.76. The number of halogens is 3. The zero-order valence-corrected chi connectivity index (χ0v) is 15.6. The van der Waals surface area contributed by atoms with Crippen molar-refractivity contribution in [1.29, 1.82) is 0 Å². The number of pyridine rings is 2. The van der Waals surface area contributed by atoms with E-state index in [1.54, 1.807) is 12.1 Å². The highest BCUT2D eigenvalue weighted by molar-refractivity contribution is 8.13. The number of ketones is 1. The first-order valence-electron chi connectivity index (χ1n) is 8.43. The Balaban J connectivity index is 1.80. The molecular weight excluding hydrogens is 389 g/mol. The second-order valence-corrected chi connectivity index (χ2v) is 7.39. The molecule has 3 heterocycles. The van der Waals surface area contributed by atoms with E-state index in [1.807, 2.05) is 0 Å². The third-order valence-corrected chi connectivity index (χ3v) is 5.12. The van der Waals surface area contributed by atoms with Crippen LogP contribution in [0.5, 0.6) is 0 Å². The van der Waals surface area contributed by atoms with Crippen molar-refractivity contribution in [3.63, 3.8) is 0 Å². The molecule has 0 fully saturated rings. The van der Waals surface area contributed by atoms with Gasteiger partial charge in [0.15, 0.2) is 11.0 Å². The highest BCUT2D eigenvalue weighted by atomic mass is 32.2. The van der Waals surface area contributed by atoms with Gasteiger partial charge in [0.25, 0.3) is 6.08 Å². The van der Waals surface area contributed by atoms with Crippen molar-refractivity contribution in [2.75, 3.05) is 12.4 Å². The molecule has 1 atom stereocenters. The molecule has 28 heavy (non-hydrogen) atoms. The van der Waals surface area contributed by atoms with E-state index in [9.17, 15) is 18.0 Å². The van der Waals surface area contributed by atoms with Crippen LogP contribution in [0.4, 0.5) is 13.2 Å². The van der Waals surface area contributed by atoms with Gasteiger partial charge in [0.1, 0.15) is 17.9 Å². The lowest BCUT2D eigenvalue weighted by Gasteiger charge is -2.30. The normalized spacial score (nSPS) is 19.0. The summed E-state index contributed by atoms with van der Waals surface area (Å²) >= 11 is 1.37. The molecule has 0 radical (unpaired) electrons. The smallest absolute Gasteiger partial charge is 0.270 e. The third kappa shape index (κ3) is 4.59. The molecule has 146 valence electrons. The topological polar surface area (TPSA) is 81.2 Å². The maximum atomic E-state index is 13.8. The molecular formula is C19H17F3N4OS. The predicted molar refractivity (Wildman–Crippen MR) is 103 cm³/mol. The fraction of sp³-hybridized carbons (Fsp3) is 0.263. The predicted octanol–water partition coefficient (Wildman–Crippen LogP) is 3.76. The Hall–Kier alpha value is -2.68. The van der Waals surface area contributed by atoms with E-state index in [-0.39, 0.29) is 23.5 Å². The molecule has 1 aliphatic heterocycles.